The number of carboxylic acids is 1. The molecule has 0 saturated carbocycles. The van der Waals surface area contributed by atoms with Crippen LogP contribution in [0.4, 0.5) is 0 Å². The zero-order valence-electron chi connectivity index (χ0n) is 11.9. The largest absolute Gasteiger partial charge is 0.490 e. The molecule has 0 aliphatic carbocycles. The monoisotopic (exact) mass is 284 g/mol. The third-order valence-electron chi connectivity index (χ3n) is 3.37. The Kier molecular flexibility index (Phi) is 3.29. The third kappa shape index (κ3) is 2.44. The Balaban J connectivity index is 2.11. The first-order chi connectivity index (χ1) is 10.1. The van der Waals surface area contributed by atoms with E-state index in [1.54, 1.807) is 12.1 Å². The molecule has 1 aliphatic heterocycles. The average molecular weight is 284 g/mol. The quantitative estimate of drug-likeness (QED) is 0.793. The lowest BCUT2D eigenvalue weighted by atomic mass is 9.95. The van der Waals surface area contributed by atoms with Gasteiger partial charge in [-0.3, -0.25) is 0 Å². The minimum atomic E-state index is -0.995. The van der Waals surface area contributed by atoms with Gasteiger partial charge in [0.1, 0.15) is 22.8 Å². The maximum Gasteiger partial charge on any atom is 0.339 e. The summed E-state index contributed by atoms with van der Waals surface area (Å²) in [7, 11) is 0. The topological polar surface area (TPSA) is 55.8 Å². The maximum absolute atomic E-state index is 11.7. The fourth-order valence-corrected chi connectivity index (χ4v) is 2.52. The van der Waals surface area contributed by atoms with E-state index < -0.39 is 5.97 Å². The van der Waals surface area contributed by atoms with Crippen molar-refractivity contribution in [2.75, 3.05) is 0 Å². The molecule has 0 amide bonds. The van der Waals surface area contributed by atoms with E-state index in [0.717, 1.165) is 11.3 Å². The Morgan fingerprint density at radius 2 is 1.95 bits per heavy atom. The first-order valence-electron chi connectivity index (χ1n) is 6.88. The molecule has 0 spiro atoms. The molecule has 108 valence electrons. The molecule has 1 aliphatic rings. The highest BCUT2D eigenvalue weighted by atomic mass is 16.5. The lowest BCUT2D eigenvalue weighted by Gasteiger charge is -2.23. The Morgan fingerprint density at radius 1 is 1.19 bits per heavy atom. The first kappa shape index (κ1) is 13.5. The van der Waals surface area contributed by atoms with Crippen LogP contribution in [0, 0.1) is 0 Å². The molecule has 21 heavy (non-hydrogen) atoms. The summed E-state index contributed by atoms with van der Waals surface area (Å²) < 4.78 is 11.4. The van der Waals surface area contributed by atoms with Gasteiger partial charge < -0.3 is 14.6 Å². The predicted molar refractivity (Wildman–Crippen MR) is 78.5 cm³/mol. The minimum Gasteiger partial charge on any atom is -0.490 e. The van der Waals surface area contributed by atoms with E-state index in [4.69, 9.17) is 9.47 Å². The van der Waals surface area contributed by atoms with Crippen LogP contribution in [0.5, 0.6) is 17.2 Å². The highest BCUT2D eigenvalue weighted by molar-refractivity contribution is 5.94. The third-order valence-corrected chi connectivity index (χ3v) is 3.37. The molecule has 4 heteroatoms. The summed E-state index contributed by atoms with van der Waals surface area (Å²) in [5.74, 6) is 0.755. The van der Waals surface area contributed by atoms with Gasteiger partial charge in [-0.2, -0.15) is 0 Å². The number of hydrogen-bond acceptors (Lipinski definition) is 3. The number of rotatable bonds is 3. The van der Waals surface area contributed by atoms with Crippen molar-refractivity contribution in [1.82, 2.24) is 0 Å². The first-order valence-corrected chi connectivity index (χ1v) is 6.88. The van der Waals surface area contributed by atoms with Gasteiger partial charge in [0.25, 0.3) is 0 Å². The fraction of sp³-hybridized carbons (Fsp3) is 0.235. The van der Waals surface area contributed by atoms with Crippen molar-refractivity contribution in [2.24, 2.45) is 0 Å². The van der Waals surface area contributed by atoms with Crippen LogP contribution >= 0.6 is 0 Å². The van der Waals surface area contributed by atoms with E-state index in [1.807, 2.05) is 38.1 Å². The summed E-state index contributed by atoms with van der Waals surface area (Å²) in [6.45, 7) is 3.74. The smallest absolute Gasteiger partial charge is 0.339 e. The van der Waals surface area contributed by atoms with Crippen molar-refractivity contribution in [3.63, 3.8) is 0 Å². The van der Waals surface area contributed by atoms with Gasteiger partial charge in [-0.1, -0.05) is 18.2 Å². The van der Waals surface area contributed by atoms with E-state index in [2.05, 4.69) is 0 Å². The molecule has 0 atom stereocenters. The van der Waals surface area contributed by atoms with Crippen LogP contribution < -0.4 is 9.47 Å². The van der Waals surface area contributed by atoms with Gasteiger partial charge in [-0.05, 0) is 37.6 Å². The summed E-state index contributed by atoms with van der Waals surface area (Å²) in [6, 6.07) is 11.1. The predicted octanol–water partition coefficient (Wildman–Crippen LogP) is 3.87. The number of hydrogen-bond donors (Lipinski definition) is 1. The average Bonchev–Trinajstić information content (AvgIpc) is 2.44. The molecule has 0 unspecified atom stereocenters. The second kappa shape index (κ2) is 5.13. The summed E-state index contributed by atoms with van der Waals surface area (Å²) >= 11 is 0. The van der Waals surface area contributed by atoms with E-state index in [1.165, 1.54) is 0 Å². The number of carbonyl (C=O) groups is 1. The van der Waals surface area contributed by atoms with Gasteiger partial charge in [-0.25, -0.2) is 4.79 Å². The zero-order chi connectivity index (χ0) is 15.0. The molecule has 4 nitrogen and oxygen atoms in total. The van der Waals surface area contributed by atoms with Gasteiger partial charge in [0, 0.05) is 12.0 Å². The second-order valence-corrected chi connectivity index (χ2v) is 5.27. The Labute approximate surface area is 122 Å². The molecule has 2 aromatic rings. The highest BCUT2D eigenvalue weighted by Crippen LogP contribution is 2.41. The van der Waals surface area contributed by atoms with Crippen molar-refractivity contribution in [1.29, 1.82) is 0 Å². The summed E-state index contributed by atoms with van der Waals surface area (Å²) in [5, 5.41) is 9.55. The summed E-state index contributed by atoms with van der Waals surface area (Å²) in [6.07, 6.45) is 0.445. The van der Waals surface area contributed by atoms with Crippen LogP contribution in [-0.4, -0.2) is 17.2 Å². The van der Waals surface area contributed by atoms with Crippen LogP contribution in [0.3, 0.4) is 0 Å². The van der Waals surface area contributed by atoms with Crippen molar-refractivity contribution < 1.29 is 19.4 Å². The Hall–Kier alpha value is -2.49. The lowest BCUT2D eigenvalue weighted by Crippen LogP contribution is -2.14. The van der Waals surface area contributed by atoms with Crippen molar-refractivity contribution >= 4 is 5.97 Å². The minimum absolute atomic E-state index is 0.0852. The molecule has 2 aromatic carbocycles. The van der Waals surface area contributed by atoms with E-state index in [-0.39, 0.29) is 11.7 Å². The standard InChI is InChI=1S/C17H16O4/c1-10(2)20-15-8-7-14-12(16(15)17(18)19)9-11-5-3-4-6-13(11)21-14/h3-8,10H,9H2,1-2H3,(H,18,19). The molecule has 0 fully saturated rings. The zero-order valence-corrected chi connectivity index (χ0v) is 11.9. The molecule has 0 bridgehead atoms. The number of aromatic carboxylic acids is 1. The number of benzene rings is 2. The maximum atomic E-state index is 11.7. The van der Waals surface area contributed by atoms with Crippen LogP contribution in [0.2, 0.25) is 0 Å². The van der Waals surface area contributed by atoms with Crippen LogP contribution in [0.15, 0.2) is 36.4 Å². The normalized spacial score (nSPS) is 12.3. The Bertz CT molecular complexity index is 704. The van der Waals surface area contributed by atoms with E-state index in [9.17, 15) is 9.90 Å². The molecule has 1 heterocycles. The number of fused-ring (bicyclic) bond motifs is 2. The summed E-state index contributed by atoms with van der Waals surface area (Å²) in [4.78, 5) is 11.7. The summed E-state index contributed by atoms with van der Waals surface area (Å²) in [5.41, 5.74) is 1.84. The highest BCUT2D eigenvalue weighted by Gasteiger charge is 2.26. The molecular formula is C17H16O4. The van der Waals surface area contributed by atoms with Gasteiger partial charge >= 0.3 is 5.97 Å². The van der Waals surface area contributed by atoms with Crippen molar-refractivity contribution in [2.45, 2.75) is 26.4 Å². The lowest BCUT2D eigenvalue weighted by molar-refractivity contribution is 0.0688. The van der Waals surface area contributed by atoms with Gasteiger partial charge in [0.15, 0.2) is 0 Å². The van der Waals surface area contributed by atoms with Gasteiger partial charge in [0.05, 0.1) is 6.10 Å². The fourth-order valence-electron chi connectivity index (χ4n) is 2.52. The molecule has 0 aromatic heterocycles. The van der Waals surface area contributed by atoms with E-state index in [0.29, 0.717) is 23.5 Å². The Morgan fingerprint density at radius 3 is 2.67 bits per heavy atom. The van der Waals surface area contributed by atoms with Crippen molar-refractivity contribution in [3.8, 4) is 17.2 Å². The second-order valence-electron chi connectivity index (χ2n) is 5.27. The number of para-hydroxylation sites is 1. The van der Waals surface area contributed by atoms with Crippen LogP contribution in [-0.2, 0) is 6.42 Å². The number of carboxylic acid groups (broad SMARTS) is 1. The molecule has 0 saturated heterocycles. The van der Waals surface area contributed by atoms with Gasteiger partial charge in [-0.15, -0.1) is 0 Å². The van der Waals surface area contributed by atoms with Crippen molar-refractivity contribution in [3.05, 3.63) is 53.1 Å². The molecule has 3 rings (SSSR count). The molecule has 0 radical (unpaired) electrons. The SMILES string of the molecule is CC(C)Oc1ccc2c(c1C(=O)O)Cc1ccccc1O2. The molecule has 1 N–H and O–H groups in total. The van der Waals surface area contributed by atoms with Gasteiger partial charge in [0.2, 0.25) is 0 Å². The van der Waals surface area contributed by atoms with E-state index >= 15 is 0 Å². The van der Waals surface area contributed by atoms with Crippen LogP contribution in [0.1, 0.15) is 35.3 Å². The molecular weight excluding hydrogens is 268 g/mol. The van der Waals surface area contributed by atoms with Crippen LogP contribution in [0.25, 0.3) is 0 Å². The number of ether oxygens (including phenoxy) is 2.